The molecule has 2 nitrogen and oxygen atoms in total. The molecule has 2 atom stereocenters. The van der Waals surface area contributed by atoms with Crippen LogP contribution in [0.15, 0.2) is 24.3 Å². The van der Waals surface area contributed by atoms with Crippen LogP contribution in [0.3, 0.4) is 0 Å². The minimum Gasteiger partial charge on any atom is -0.316 e. The van der Waals surface area contributed by atoms with Crippen molar-refractivity contribution in [2.24, 2.45) is 5.92 Å². The highest BCUT2D eigenvalue weighted by atomic mass is 14.9. The van der Waals surface area contributed by atoms with Crippen LogP contribution < -0.4 is 5.32 Å². The zero-order valence-electron chi connectivity index (χ0n) is 10.6. The summed E-state index contributed by atoms with van der Waals surface area (Å²) in [5.74, 6) is 1.05. The second kappa shape index (κ2) is 5.33. The molecular weight excluding hydrogens is 208 g/mol. The lowest BCUT2D eigenvalue weighted by Crippen LogP contribution is -2.08. The van der Waals surface area contributed by atoms with Crippen molar-refractivity contribution < 1.29 is 0 Å². The Morgan fingerprint density at radius 2 is 2.00 bits per heavy atom. The number of rotatable bonds is 3. The first-order chi connectivity index (χ1) is 8.22. The third-order valence-corrected chi connectivity index (χ3v) is 3.63. The van der Waals surface area contributed by atoms with Crippen LogP contribution in [0.2, 0.25) is 0 Å². The molecule has 90 valence electrons. The van der Waals surface area contributed by atoms with Gasteiger partial charge in [-0.25, -0.2) is 0 Å². The maximum atomic E-state index is 9.17. The highest BCUT2D eigenvalue weighted by molar-refractivity contribution is 5.31. The Bertz CT molecular complexity index is 394. The third-order valence-electron chi connectivity index (χ3n) is 3.63. The van der Waals surface area contributed by atoms with Gasteiger partial charge in [-0.3, -0.25) is 0 Å². The molecule has 2 heteroatoms. The maximum Gasteiger partial charge on any atom is 0.0735 e. The molecule has 2 unspecified atom stereocenters. The molecule has 17 heavy (non-hydrogen) atoms. The Hall–Kier alpha value is -1.33. The zero-order chi connectivity index (χ0) is 12.3. The minimum absolute atomic E-state index is 0.0192. The summed E-state index contributed by atoms with van der Waals surface area (Å²) in [5.41, 5.74) is 2.55. The summed E-state index contributed by atoms with van der Waals surface area (Å²) in [6.07, 6.45) is 1.23. The molecule has 1 N–H and O–H groups in total. The number of hydrogen-bond donors (Lipinski definition) is 1. The SMILES string of the molecule is CC(C)C(C#N)c1ccc(C2CCNC2)cc1. The molecule has 0 aliphatic carbocycles. The molecule has 0 radical (unpaired) electrons. The van der Waals surface area contributed by atoms with Crippen molar-refractivity contribution in [3.05, 3.63) is 35.4 Å². The number of nitrogens with one attached hydrogen (secondary N) is 1. The average molecular weight is 228 g/mol. The zero-order valence-corrected chi connectivity index (χ0v) is 10.6. The molecular formula is C15H20N2. The predicted molar refractivity (Wildman–Crippen MR) is 69.9 cm³/mol. The number of benzene rings is 1. The quantitative estimate of drug-likeness (QED) is 0.863. The van der Waals surface area contributed by atoms with Crippen molar-refractivity contribution in [1.82, 2.24) is 5.32 Å². The first kappa shape index (κ1) is 12.1. The van der Waals surface area contributed by atoms with E-state index in [-0.39, 0.29) is 5.92 Å². The van der Waals surface area contributed by atoms with Gasteiger partial charge in [-0.1, -0.05) is 38.1 Å². The van der Waals surface area contributed by atoms with E-state index >= 15 is 0 Å². The third kappa shape index (κ3) is 2.68. The van der Waals surface area contributed by atoms with Gasteiger partial charge in [-0.2, -0.15) is 5.26 Å². The van der Waals surface area contributed by atoms with Crippen LogP contribution in [0.25, 0.3) is 0 Å². The lowest BCUT2D eigenvalue weighted by atomic mass is 9.88. The first-order valence-corrected chi connectivity index (χ1v) is 6.42. The highest BCUT2D eigenvalue weighted by Gasteiger charge is 2.18. The summed E-state index contributed by atoms with van der Waals surface area (Å²) in [6, 6.07) is 11.0. The fourth-order valence-corrected chi connectivity index (χ4v) is 2.52. The molecule has 0 saturated carbocycles. The average Bonchev–Trinajstić information content (AvgIpc) is 2.84. The molecule has 1 aliphatic rings. The lowest BCUT2D eigenvalue weighted by molar-refractivity contribution is 0.587. The van der Waals surface area contributed by atoms with Crippen molar-refractivity contribution >= 4 is 0 Å². The van der Waals surface area contributed by atoms with Crippen LogP contribution in [0.5, 0.6) is 0 Å². The van der Waals surface area contributed by atoms with Crippen molar-refractivity contribution in [1.29, 1.82) is 5.26 Å². The number of hydrogen-bond acceptors (Lipinski definition) is 2. The van der Waals surface area contributed by atoms with Crippen molar-refractivity contribution in [3.8, 4) is 6.07 Å². The topological polar surface area (TPSA) is 35.8 Å². The molecule has 1 aliphatic heterocycles. The molecule has 2 rings (SSSR count). The largest absolute Gasteiger partial charge is 0.316 e. The lowest BCUT2D eigenvalue weighted by Gasteiger charge is -2.15. The van der Waals surface area contributed by atoms with Crippen LogP contribution in [0.1, 0.15) is 43.2 Å². The van der Waals surface area contributed by atoms with Gasteiger partial charge in [0, 0.05) is 6.54 Å². The van der Waals surface area contributed by atoms with E-state index < -0.39 is 0 Å². The van der Waals surface area contributed by atoms with Gasteiger partial charge in [0.25, 0.3) is 0 Å². The van der Waals surface area contributed by atoms with E-state index in [1.807, 2.05) is 0 Å². The molecule has 1 aromatic carbocycles. The van der Waals surface area contributed by atoms with Crippen LogP contribution in [0.4, 0.5) is 0 Å². The van der Waals surface area contributed by atoms with Gasteiger partial charge >= 0.3 is 0 Å². The minimum atomic E-state index is 0.0192. The van der Waals surface area contributed by atoms with E-state index in [0.717, 1.165) is 18.7 Å². The fourth-order valence-electron chi connectivity index (χ4n) is 2.52. The molecule has 0 bridgehead atoms. The second-order valence-electron chi connectivity index (χ2n) is 5.21. The van der Waals surface area contributed by atoms with Gasteiger partial charge in [0.05, 0.1) is 12.0 Å². The molecule has 0 aromatic heterocycles. The number of nitrogens with zero attached hydrogens (tertiary/aromatic N) is 1. The Labute approximate surface area is 104 Å². The smallest absolute Gasteiger partial charge is 0.0735 e. The summed E-state index contributed by atoms with van der Waals surface area (Å²) in [6.45, 7) is 6.41. The second-order valence-corrected chi connectivity index (χ2v) is 5.21. The van der Waals surface area contributed by atoms with E-state index in [1.54, 1.807) is 0 Å². The van der Waals surface area contributed by atoms with Gasteiger partial charge in [-0.05, 0) is 35.9 Å². The van der Waals surface area contributed by atoms with Gasteiger partial charge in [-0.15, -0.1) is 0 Å². The Morgan fingerprint density at radius 3 is 2.47 bits per heavy atom. The van der Waals surface area contributed by atoms with Crippen LogP contribution in [-0.2, 0) is 0 Å². The van der Waals surface area contributed by atoms with E-state index in [0.29, 0.717) is 11.8 Å². The van der Waals surface area contributed by atoms with Crippen LogP contribution in [-0.4, -0.2) is 13.1 Å². The standard InChI is InChI=1S/C15H20N2/c1-11(2)15(9-16)13-5-3-12(4-6-13)14-7-8-17-10-14/h3-6,11,14-15,17H,7-8,10H2,1-2H3. The molecule has 1 fully saturated rings. The van der Waals surface area contributed by atoms with Gasteiger partial charge in [0.15, 0.2) is 0 Å². The Kier molecular flexibility index (Phi) is 3.81. The summed E-state index contributed by atoms with van der Waals surface area (Å²) < 4.78 is 0. The normalized spacial score (nSPS) is 21.4. The van der Waals surface area contributed by atoms with Gasteiger partial charge in [0.1, 0.15) is 0 Å². The predicted octanol–water partition coefficient (Wildman–Crippen LogP) is 3.03. The Morgan fingerprint density at radius 1 is 1.29 bits per heavy atom. The molecule has 1 saturated heterocycles. The molecule has 1 heterocycles. The summed E-state index contributed by atoms with van der Waals surface area (Å²) >= 11 is 0. The highest BCUT2D eigenvalue weighted by Crippen LogP contribution is 2.27. The van der Waals surface area contributed by atoms with Crippen LogP contribution in [0, 0.1) is 17.2 Å². The van der Waals surface area contributed by atoms with Crippen LogP contribution >= 0.6 is 0 Å². The first-order valence-electron chi connectivity index (χ1n) is 6.42. The van der Waals surface area contributed by atoms with Crippen molar-refractivity contribution in [2.45, 2.75) is 32.1 Å². The summed E-state index contributed by atoms with van der Waals surface area (Å²) in [4.78, 5) is 0. The Balaban J connectivity index is 2.15. The van der Waals surface area contributed by atoms with E-state index in [9.17, 15) is 5.26 Å². The van der Waals surface area contributed by atoms with Crippen molar-refractivity contribution in [3.63, 3.8) is 0 Å². The van der Waals surface area contributed by atoms with E-state index in [1.165, 1.54) is 12.0 Å². The maximum absolute atomic E-state index is 9.17. The molecule has 1 aromatic rings. The summed E-state index contributed by atoms with van der Waals surface area (Å²) in [5, 5.41) is 12.6. The van der Waals surface area contributed by atoms with E-state index in [2.05, 4.69) is 49.5 Å². The van der Waals surface area contributed by atoms with E-state index in [4.69, 9.17) is 0 Å². The summed E-state index contributed by atoms with van der Waals surface area (Å²) in [7, 11) is 0. The van der Waals surface area contributed by atoms with Gasteiger partial charge < -0.3 is 5.32 Å². The number of nitriles is 1. The van der Waals surface area contributed by atoms with Crippen molar-refractivity contribution in [2.75, 3.05) is 13.1 Å². The molecule has 0 spiro atoms. The monoisotopic (exact) mass is 228 g/mol. The molecule has 0 amide bonds. The fraction of sp³-hybridized carbons (Fsp3) is 0.533. The van der Waals surface area contributed by atoms with Gasteiger partial charge in [0.2, 0.25) is 0 Å².